The standard InChI is InChI=1S/C58H55N4O2.Pt/c1-55(2,3)38-24-26-49(42(31-38)36-18-13-12-14-19-36)62-50-22-17-20-40(51(50)61-54(62)45-32-39(56(4,5)6)33-47(52(45)63)57(7,8)9)37-29-43-41-25-23-35(34-59)28-46(41)58(10,11)64-53(43)44(30-37)48-21-15-16-27-60-48;/h12-29,31-33,63H,1-11H3;/q-1;. The number of aromatic hydroxyl groups is 1. The van der Waals surface area contributed by atoms with E-state index in [0.29, 0.717) is 22.7 Å². The van der Waals surface area contributed by atoms with Crippen molar-refractivity contribution in [3.05, 3.63) is 161 Å². The molecule has 0 bridgehead atoms. The number of benzene rings is 6. The predicted molar refractivity (Wildman–Crippen MR) is 261 cm³/mol. The molecule has 2 aromatic heterocycles. The Hall–Kier alpha value is -6.28. The van der Waals surface area contributed by atoms with Gasteiger partial charge in [-0.05, 0) is 100 Å². The van der Waals surface area contributed by atoms with Crippen LogP contribution in [0.5, 0.6) is 11.5 Å². The van der Waals surface area contributed by atoms with Gasteiger partial charge >= 0.3 is 0 Å². The van der Waals surface area contributed by atoms with E-state index in [1.807, 2.05) is 56.3 Å². The number of hydrogen-bond acceptors (Lipinski definition) is 5. The summed E-state index contributed by atoms with van der Waals surface area (Å²) < 4.78 is 9.14. The number of phenols is 1. The minimum atomic E-state index is -0.726. The summed E-state index contributed by atoms with van der Waals surface area (Å²) in [5.74, 6) is 1.55. The zero-order valence-corrected chi connectivity index (χ0v) is 41.4. The van der Waals surface area contributed by atoms with E-state index in [4.69, 9.17) is 14.7 Å². The van der Waals surface area contributed by atoms with Gasteiger partial charge in [-0.1, -0.05) is 146 Å². The van der Waals surface area contributed by atoms with Gasteiger partial charge in [-0.15, -0.1) is 17.7 Å². The van der Waals surface area contributed by atoms with Gasteiger partial charge in [-0.3, -0.25) is 9.55 Å². The Morgan fingerprint density at radius 1 is 0.677 bits per heavy atom. The Balaban J connectivity index is 0.00000576. The number of imidazole rings is 1. The molecule has 0 unspecified atom stereocenters. The first-order valence-corrected chi connectivity index (χ1v) is 22.1. The van der Waals surface area contributed by atoms with E-state index in [9.17, 15) is 10.4 Å². The topological polar surface area (TPSA) is 84.0 Å². The van der Waals surface area contributed by atoms with Crippen LogP contribution in [-0.4, -0.2) is 19.6 Å². The van der Waals surface area contributed by atoms with Gasteiger partial charge in [0.25, 0.3) is 0 Å². The number of aromatic nitrogens is 3. The molecule has 6 nitrogen and oxygen atoms in total. The smallest absolute Gasteiger partial charge is 0.148 e. The minimum Gasteiger partial charge on any atom is -0.518 e. The Kier molecular flexibility index (Phi) is 11.4. The molecule has 0 fully saturated rings. The van der Waals surface area contributed by atoms with Crippen LogP contribution in [0.4, 0.5) is 0 Å². The van der Waals surface area contributed by atoms with Gasteiger partial charge < -0.3 is 9.84 Å². The van der Waals surface area contributed by atoms with Crippen LogP contribution in [0.25, 0.3) is 72.7 Å². The molecule has 0 aliphatic carbocycles. The molecular weight excluding hydrogens is 980 g/mol. The molecule has 0 saturated heterocycles. The van der Waals surface area contributed by atoms with Crippen molar-refractivity contribution in [2.75, 3.05) is 0 Å². The van der Waals surface area contributed by atoms with Crippen LogP contribution < -0.4 is 4.74 Å². The van der Waals surface area contributed by atoms with Gasteiger partial charge in [0.05, 0.1) is 39.7 Å². The average molecular weight is 1040 g/mol. The fourth-order valence-corrected chi connectivity index (χ4v) is 8.97. The summed E-state index contributed by atoms with van der Waals surface area (Å²) in [6.07, 6.45) is 1.79. The van der Waals surface area contributed by atoms with Crippen molar-refractivity contribution in [2.45, 2.75) is 98.0 Å². The van der Waals surface area contributed by atoms with Gasteiger partial charge in [0.1, 0.15) is 17.2 Å². The third kappa shape index (κ3) is 8.10. The Labute approximate surface area is 398 Å². The van der Waals surface area contributed by atoms with Crippen LogP contribution >= 0.6 is 0 Å². The first-order valence-electron chi connectivity index (χ1n) is 22.1. The summed E-state index contributed by atoms with van der Waals surface area (Å²) in [7, 11) is 0. The number of ether oxygens (including phenoxy) is 1. The van der Waals surface area contributed by atoms with Gasteiger partial charge in [-0.25, -0.2) is 4.98 Å². The zero-order chi connectivity index (χ0) is 45.5. The van der Waals surface area contributed by atoms with Gasteiger partial charge in [-0.2, -0.15) is 5.26 Å². The Morgan fingerprint density at radius 3 is 2.05 bits per heavy atom. The molecule has 6 aromatic carbocycles. The third-order valence-corrected chi connectivity index (χ3v) is 12.6. The van der Waals surface area contributed by atoms with Crippen LogP contribution in [-0.2, 0) is 42.9 Å². The fraction of sp³-hybridized carbons (Fsp3) is 0.259. The maximum Gasteiger partial charge on any atom is 0.148 e. The van der Waals surface area contributed by atoms with Crippen molar-refractivity contribution in [1.29, 1.82) is 5.26 Å². The molecule has 0 radical (unpaired) electrons. The molecule has 0 spiro atoms. The maximum atomic E-state index is 12.6. The molecule has 1 aliphatic heterocycles. The zero-order valence-electron chi connectivity index (χ0n) is 39.1. The number of rotatable bonds is 5. The summed E-state index contributed by atoms with van der Waals surface area (Å²) in [6, 6.07) is 47.8. The fourth-order valence-electron chi connectivity index (χ4n) is 8.97. The predicted octanol–water partition coefficient (Wildman–Crippen LogP) is 14.7. The number of pyridine rings is 1. The molecule has 0 amide bonds. The first kappa shape index (κ1) is 45.3. The molecule has 3 heterocycles. The van der Waals surface area contributed by atoms with Gasteiger partial charge in [0.2, 0.25) is 0 Å². The molecule has 9 rings (SSSR count). The number of hydrogen-bond donors (Lipinski definition) is 1. The van der Waals surface area contributed by atoms with Gasteiger partial charge in [0, 0.05) is 49.6 Å². The monoisotopic (exact) mass is 1030 g/mol. The van der Waals surface area contributed by atoms with Gasteiger partial charge in [0.15, 0.2) is 0 Å². The van der Waals surface area contributed by atoms with Crippen LogP contribution in [0.1, 0.15) is 104 Å². The van der Waals surface area contributed by atoms with E-state index in [-0.39, 0.29) is 43.1 Å². The quantitative estimate of drug-likeness (QED) is 0.174. The number of phenolic OH excluding ortho intramolecular Hbond substituents is 1. The molecule has 330 valence electrons. The summed E-state index contributed by atoms with van der Waals surface area (Å²) in [5, 5.41) is 22.5. The minimum absolute atomic E-state index is 0. The second-order valence-corrected chi connectivity index (χ2v) is 20.7. The number of fused-ring (bicyclic) bond motifs is 4. The van der Waals surface area contributed by atoms with E-state index in [1.54, 1.807) is 6.20 Å². The van der Waals surface area contributed by atoms with E-state index < -0.39 is 5.60 Å². The molecule has 1 N–H and O–H groups in total. The van der Waals surface area contributed by atoms with Crippen LogP contribution in [0.15, 0.2) is 128 Å². The SMILES string of the molecule is CC(C)(C)c1ccc(-n2c(-c3cc(C(C)(C)C)cc(C(C)(C)C)c3O)nc3c(-c4[c-]c(-c5ccccn5)c5c(c4)-c4ccc(C#N)cc4C(C)(C)O5)cccc32)c(-c2ccccc2)c1.[Pt]. The summed E-state index contributed by atoms with van der Waals surface area (Å²) in [6.45, 7) is 23.9. The van der Waals surface area contributed by atoms with Crippen molar-refractivity contribution in [2.24, 2.45) is 0 Å². The molecular formula is C58H55N4O2Pt-. The molecule has 1 aliphatic rings. The number of nitriles is 1. The van der Waals surface area contributed by atoms with Crippen LogP contribution in [0.3, 0.4) is 0 Å². The second kappa shape index (κ2) is 16.3. The van der Waals surface area contributed by atoms with Crippen LogP contribution in [0.2, 0.25) is 0 Å². The van der Waals surface area contributed by atoms with Crippen molar-refractivity contribution < 1.29 is 30.9 Å². The largest absolute Gasteiger partial charge is 0.518 e. The molecule has 0 atom stereocenters. The van der Waals surface area contributed by atoms with E-state index >= 15 is 0 Å². The molecule has 0 saturated carbocycles. The summed E-state index contributed by atoms with van der Waals surface area (Å²) >= 11 is 0. The third-order valence-electron chi connectivity index (χ3n) is 12.6. The second-order valence-electron chi connectivity index (χ2n) is 20.7. The van der Waals surface area contributed by atoms with E-state index in [2.05, 4.69) is 158 Å². The number of para-hydroxylation sites is 1. The Morgan fingerprint density at radius 2 is 1.38 bits per heavy atom. The van der Waals surface area contributed by atoms with Crippen molar-refractivity contribution in [3.63, 3.8) is 0 Å². The summed E-state index contributed by atoms with van der Waals surface area (Å²) in [4.78, 5) is 10.5. The van der Waals surface area contributed by atoms with Crippen molar-refractivity contribution in [1.82, 2.24) is 14.5 Å². The molecule has 7 heteroatoms. The molecule has 65 heavy (non-hydrogen) atoms. The van der Waals surface area contributed by atoms with Crippen molar-refractivity contribution in [3.8, 4) is 79.3 Å². The Bertz CT molecular complexity index is 3170. The normalized spacial score (nSPS) is 13.3. The average Bonchev–Trinajstić information content (AvgIpc) is 3.64. The van der Waals surface area contributed by atoms with E-state index in [1.165, 1.54) is 5.56 Å². The summed E-state index contributed by atoms with van der Waals surface area (Å²) in [5.41, 5.74) is 13.7. The van der Waals surface area contributed by atoms with E-state index in [0.717, 1.165) is 78.0 Å². The number of nitrogens with zero attached hydrogens (tertiary/aromatic N) is 4. The maximum absolute atomic E-state index is 12.6. The van der Waals surface area contributed by atoms with Crippen LogP contribution in [0, 0.1) is 17.4 Å². The van der Waals surface area contributed by atoms with Crippen molar-refractivity contribution >= 4 is 11.0 Å². The first-order chi connectivity index (χ1) is 30.2. The molecule has 8 aromatic rings.